The maximum atomic E-state index is 13.6. The van der Waals surface area contributed by atoms with Crippen LogP contribution in [0.4, 0.5) is 4.39 Å². The van der Waals surface area contributed by atoms with Crippen molar-refractivity contribution in [3.63, 3.8) is 0 Å². The molecule has 0 bridgehead atoms. The molecule has 0 aromatic heterocycles. The van der Waals surface area contributed by atoms with E-state index in [1.165, 1.54) is 13.2 Å². The number of ether oxygens (including phenoxy) is 1. The third-order valence-corrected chi connectivity index (χ3v) is 4.23. The molecule has 1 aliphatic rings. The van der Waals surface area contributed by atoms with Crippen molar-refractivity contribution in [1.29, 1.82) is 0 Å². The third kappa shape index (κ3) is 3.49. The summed E-state index contributed by atoms with van der Waals surface area (Å²) in [5.41, 5.74) is -0.360. The summed E-state index contributed by atoms with van der Waals surface area (Å²) < 4.78 is 18.5. The first-order chi connectivity index (χ1) is 9.55. The molecule has 1 fully saturated rings. The summed E-state index contributed by atoms with van der Waals surface area (Å²) >= 11 is 0. The van der Waals surface area contributed by atoms with Crippen LogP contribution in [0.1, 0.15) is 44.1 Å². The Labute approximate surface area is 119 Å². The van der Waals surface area contributed by atoms with Crippen molar-refractivity contribution < 1.29 is 19.3 Å². The van der Waals surface area contributed by atoms with E-state index in [4.69, 9.17) is 4.74 Å². The molecule has 2 rings (SSSR count). The topological polar surface area (TPSA) is 49.7 Å². The second-order valence-corrected chi connectivity index (χ2v) is 5.71. The largest absolute Gasteiger partial charge is 0.494 e. The fourth-order valence-corrected chi connectivity index (χ4v) is 2.92. The summed E-state index contributed by atoms with van der Waals surface area (Å²) in [6.07, 6.45) is 4.72. The van der Waals surface area contributed by atoms with Gasteiger partial charge in [0.15, 0.2) is 11.6 Å². The second-order valence-electron chi connectivity index (χ2n) is 5.71. The van der Waals surface area contributed by atoms with Crippen LogP contribution in [0.25, 0.3) is 0 Å². The Bertz CT molecular complexity index is 439. The Kier molecular flexibility index (Phi) is 5.00. The maximum Gasteiger partial charge on any atom is 0.165 e. The molecule has 0 saturated heterocycles. The minimum absolute atomic E-state index is 0.191. The van der Waals surface area contributed by atoms with Crippen LogP contribution in [0.5, 0.6) is 5.75 Å². The Hall–Kier alpha value is -1.13. The molecule has 0 radical (unpaired) electrons. The molecule has 1 aromatic rings. The minimum Gasteiger partial charge on any atom is -0.494 e. The van der Waals surface area contributed by atoms with Crippen LogP contribution in [-0.2, 0) is 6.42 Å². The molecular weight excluding hydrogens is 259 g/mol. The van der Waals surface area contributed by atoms with Gasteiger partial charge in [0.1, 0.15) is 0 Å². The number of benzene rings is 1. The highest BCUT2D eigenvalue weighted by atomic mass is 19.1. The van der Waals surface area contributed by atoms with Gasteiger partial charge >= 0.3 is 0 Å². The molecule has 0 heterocycles. The van der Waals surface area contributed by atoms with E-state index in [0.717, 1.165) is 25.7 Å². The van der Waals surface area contributed by atoms with Crippen molar-refractivity contribution in [2.75, 3.05) is 7.11 Å². The number of rotatable bonds is 4. The Morgan fingerprint density at radius 3 is 2.45 bits per heavy atom. The van der Waals surface area contributed by atoms with Crippen molar-refractivity contribution in [3.05, 3.63) is 29.6 Å². The number of halogens is 1. The Morgan fingerprint density at radius 1 is 1.25 bits per heavy atom. The van der Waals surface area contributed by atoms with E-state index in [0.29, 0.717) is 18.4 Å². The number of aliphatic hydroxyl groups excluding tert-OH is 1. The van der Waals surface area contributed by atoms with E-state index in [1.807, 2.05) is 0 Å². The van der Waals surface area contributed by atoms with Gasteiger partial charge < -0.3 is 14.9 Å². The van der Waals surface area contributed by atoms with E-state index in [9.17, 15) is 14.6 Å². The summed E-state index contributed by atoms with van der Waals surface area (Å²) in [5, 5.41) is 20.9. The van der Waals surface area contributed by atoms with Crippen LogP contribution < -0.4 is 4.74 Å². The summed E-state index contributed by atoms with van der Waals surface area (Å²) in [5.74, 6) is -0.249. The zero-order chi connectivity index (χ0) is 14.6. The van der Waals surface area contributed by atoms with E-state index in [2.05, 4.69) is 0 Å². The van der Waals surface area contributed by atoms with E-state index >= 15 is 0 Å². The van der Waals surface area contributed by atoms with Crippen LogP contribution in [0.3, 0.4) is 0 Å². The third-order valence-electron chi connectivity index (χ3n) is 4.23. The first kappa shape index (κ1) is 15.3. The van der Waals surface area contributed by atoms with Gasteiger partial charge in [0, 0.05) is 6.42 Å². The van der Waals surface area contributed by atoms with Gasteiger partial charge in [-0.1, -0.05) is 31.7 Å². The molecular formula is C16H23FO3. The van der Waals surface area contributed by atoms with Crippen molar-refractivity contribution in [2.45, 2.75) is 56.7 Å². The standard InChI is InChI=1S/C16H23FO3/c1-20-14-7-6-12(10-13(14)17)11-15(18)16(19)8-4-2-3-5-9-16/h6-7,10,15,18-19H,2-5,8-9,11H2,1H3. The predicted octanol–water partition coefficient (Wildman–Crippen LogP) is 2.82. The zero-order valence-electron chi connectivity index (χ0n) is 11.9. The fourth-order valence-electron chi connectivity index (χ4n) is 2.92. The lowest BCUT2D eigenvalue weighted by atomic mass is 9.85. The molecule has 4 heteroatoms. The summed E-state index contributed by atoms with van der Waals surface area (Å²) in [4.78, 5) is 0. The second kappa shape index (κ2) is 6.55. The average molecular weight is 282 g/mol. The molecule has 3 nitrogen and oxygen atoms in total. The van der Waals surface area contributed by atoms with E-state index in [1.54, 1.807) is 12.1 Å². The van der Waals surface area contributed by atoms with Gasteiger partial charge in [-0.3, -0.25) is 0 Å². The number of hydrogen-bond donors (Lipinski definition) is 2. The summed E-state index contributed by atoms with van der Waals surface area (Å²) in [6.45, 7) is 0. The monoisotopic (exact) mass is 282 g/mol. The maximum absolute atomic E-state index is 13.6. The summed E-state index contributed by atoms with van der Waals surface area (Å²) in [7, 11) is 1.42. The highest BCUT2D eigenvalue weighted by Gasteiger charge is 2.35. The molecule has 2 N–H and O–H groups in total. The molecule has 1 aliphatic carbocycles. The van der Waals surface area contributed by atoms with Crippen LogP contribution in [0.15, 0.2) is 18.2 Å². The molecule has 20 heavy (non-hydrogen) atoms. The average Bonchev–Trinajstić information content (AvgIpc) is 2.65. The molecule has 1 atom stereocenters. The molecule has 112 valence electrons. The summed E-state index contributed by atoms with van der Waals surface area (Å²) in [6, 6.07) is 4.64. The normalized spacial score (nSPS) is 20.2. The lowest BCUT2D eigenvalue weighted by Gasteiger charge is -2.32. The minimum atomic E-state index is -1.03. The van der Waals surface area contributed by atoms with Gasteiger partial charge in [-0.05, 0) is 30.5 Å². The fraction of sp³-hybridized carbons (Fsp3) is 0.625. The van der Waals surface area contributed by atoms with Gasteiger partial charge in [0.05, 0.1) is 18.8 Å². The van der Waals surface area contributed by atoms with Crippen LogP contribution >= 0.6 is 0 Å². The lowest BCUT2D eigenvalue weighted by Crippen LogP contribution is -2.43. The van der Waals surface area contributed by atoms with E-state index in [-0.39, 0.29) is 12.2 Å². The molecule has 0 spiro atoms. The zero-order valence-corrected chi connectivity index (χ0v) is 11.9. The number of hydrogen-bond acceptors (Lipinski definition) is 3. The molecule has 1 saturated carbocycles. The molecule has 1 aromatic carbocycles. The first-order valence-corrected chi connectivity index (χ1v) is 7.28. The smallest absolute Gasteiger partial charge is 0.165 e. The number of aliphatic hydroxyl groups is 2. The molecule has 1 unspecified atom stereocenters. The van der Waals surface area contributed by atoms with Gasteiger partial charge in [0.25, 0.3) is 0 Å². The van der Waals surface area contributed by atoms with Crippen LogP contribution in [0, 0.1) is 5.82 Å². The molecule has 0 aliphatic heterocycles. The van der Waals surface area contributed by atoms with Crippen molar-refractivity contribution in [2.24, 2.45) is 0 Å². The Balaban J connectivity index is 2.06. The van der Waals surface area contributed by atoms with Gasteiger partial charge in [-0.2, -0.15) is 0 Å². The Morgan fingerprint density at radius 2 is 1.90 bits per heavy atom. The predicted molar refractivity (Wildman–Crippen MR) is 75.3 cm³/mol. The quantitative estimate of drug-likeness (QED) is 0.835. The lowest BCUT2D eigenvalue weighted by molar-refractivity contribution is -0.0836. The molecule has 0 amide bonds. The van der Waals surface area contributed by atoms with Crippen molar-refractivity contribution >= 4 is 0 Å². The van der Waals surface area contributed by atoms with Gasteiger partial charge in [0.2, 0.25) is 0 Å². The highest BCUT2D eigenvalue weighted by Crippen LogP contribution is 2.31. The first-order valence-electron chi connectivity index (χ1n) is 7.28. The van der Waals surface area contributed by atoms with Gasteiger partial charge in [-0.15, -0.1) is 0 Å². The highest BCUT2D eigenvalue weighted by molar-refractivity contribution is 5.29. The van der Waals surface area contributed by atoms with Crippen molar-refractivity contribution in [1.82, 2.24) is 0 Å². The number of methoxy groups -OCH3 is 1. The van der Waals surface area contributed by atoms with Crippen LogP contribution in [-0.4, -0.2) is 29.0 Å². The van der Waals surface area contributed by atoms with Crippen LogP contribution in [0.2, 0.25) is 0 Å². The SMILES string of the molecule is COc1ccc(CC(O)C2(O)CCCCCC2)cc1F. The van der Waals surface area contributed by atoms with E-state index < -0.39 is 17.5 Å². The van der Waals surface area contributed by atoms with Crippen molar-refractivity contribution in [3.8, 4) is 5.75 Å². The van der Waals surface area contributed by atoms with Gasteiger partial charge in [-0.25, -0.2) is 4.39 Å².